The summed E-state index contributed by atoms with van der Waals surface area (Å²) in [5, 5.41) is 7.78. The van der Waals surface area contributed by atoms with Crippen LogP contribution < -0.4 is 5.32 Å². The Morgan fingerprint density at radius 1 is 1.14 bits per heavy atom. The van der Waals surface area contributed by atoms with Crippen LogP contribution in [0.1, 0.15) is 48.5 Å². The molecule has 0 spiro atoms. The second kappa shape index (κ2) is 6.34. The van der Waals surface area contributed by atoms with Crippen molar-refractivity contribution in [2.45, 2.75) is 39.8 Å². The average Bonchev–Trinajstić information content (AvgIpc) is 2.74. The Hall–Kier alpha value is -1.10. The van der Waals surface area contributed by atoms with Gasteiger partial charge < -0.3 is 9.84 Å². The molecule has 21 heavy (non-hydrogen) atoms. The van der Waals surface area contributed by atoms with Gasteiger partial charge in [0.1, 0.15) is 11.6 Å². The minimum Gasteiger partial charge on any atom is -0.361 e. The predicted molar refractivity (Wildman–Crippen MR) is 82.4 cm³/mol. The van der Waals surface area contributed by atoms with Gasteiger partial charge in [-0.3, -0.25) is 0 Å². The Kier molecular flexibility index (Phi) is 4.91. The van der Waals surface area contributed by atoms with Gasteiger partial charge in [-0.15, -0.1) is 0 Å². The topological polar surface area (TPSA) is 38.1 Å². The normalized spacial score (nSPS) is 14.2. The first kappa shape index (κ1) is 16.3. The average molecular weight is 331 g/mol. The van der Waals surface area contributed by atoms with Crippen LogP contribution in [-0.4, -0.2) is 5.16 Å². The van der Waals surface area contributed by atoms with Crippen LogP contribution in [0, 0.1) is 19.7 Å². The molecule has 0 aliphatic carbocycles. The molecule has 0 aliphatic rings. The van der Waals surface area contributed by atoms with Gasteiger partial charge in [0, 0.05) is 28.2 Å². The summed E-state index contributed by atoms with van der Waals surface area (Å²) in [7, 11) is 0. The molecule has 2 unspecified atom stereocenters. The van der Waals surface area contributed by atoms with E-state index in [9.17, 15) is 4.39 Å². The molecule has 1 N–H and O–H groups in total. The van der Waals surface area contributed by atoms with Crippen molar-refractivity contribution in [3.63, 3.8) is 0 Å². The van der Waals surface area contributed by atoms with Crippen LogP contribution in [0.25, 0.3) is 0 Å². The molecule has 114 valence electrons. The molecule has 0 fully saturated rings. The molecule has 0 saturated carbocycles. The molecule has 0 amide bonds. The van der Waals surface area contributed by atoms with Crippen molar-refractivity contribution in [3.05, 3.63) is 50.6 Å². The zero-order valence-corrected chi connectivity index (χ0v) is 13.8. The number of hydrogen-bond acceptors (Lipinski definition) is 3. The molecule has 2 aromatic rings. The third-order valence-electron chi connectivity index (χ3n) is 3.53. The van der Waals surface area contributed by atoms with Crippen molar-refractivity contribution in [3.8, 4) is 0 Å². The molecular weight excluding hydrogens is 314 g/mol. The van der Waals surface area contributed by atoms with E-state index in [0.29, 0.717) is 10.6 Å². The number of rotatable bonds is 4. The lowest BCUT2D eigenvalue weighted by molar-refractivity contribution is 0.389. The van der Waals surface area contributed by atoms with Crippen LogP contribution in [0.2, 0.25) is 10.0 Å². The summed E-state index contributed by atoms with van der Waals surface area (Å²) in [6.07, 6.45) is 0. The first-order valence-electron chi connectivity index (χ1n) is 6.65. The number of nitrogens with one attached hydrogen (secondary N) is 1. The van der Waals surface area contributed by atoms with Gasteiger partial charge in [0.2, 0.25) is 0 Å². The first-order valence-corrected chi connectivity index (χ1v) is 7.40. The van der Waals surface area contributed by atoms with Gasteiger partial charge in [-0.25, -0.2) is 4.39 Å². The van der Waals surface area contributed by atoms with Gasteiger partial charge in [0.25, 0.3) is 0 Å². The third-order valence-corrected chi connectivity index (χ3v) is 4.25. The van der Waals surface area contributed by atoms with Crippen molar-refractivity contribution in [2.24, 2.45) is 0 Å². The Bertz CT molecular complexity index is 638. The highest BCUT2D eigenvalue weighted by Gasteiger charge is 2.22. The molecule has 1 heterocycles. The highest BCUT2D eigenvalue weighted by atomic mass is 35.5. The molecule has 2 rings (SSSR count). The molecule has 1 aromatic heterocycles. The van der Waals surface area contributed by atoms with E-state index in [1.54, 1.807) is 0 Å². The fourth-order valence-electron chi connectivity index (χ4n) is 2.59. The number of aryl methyl sites for hydroxylation is 2. The molecule has 0 aliphatic heterocycles. The van der Waals surface area contributed by atoms with E-state index in [2.05, 4.69) is 10.5 Å². The van der Waals surface area contributed by atoms with Crippen molar-refractivity contribution >= 4 is 23.2 Å². The maximum atomic E-state index is 13.6. The van der Waals surface area contributed by atoms with E-state index in [0.717, 1.165) is 17.0 Å². The van der Waals surface area contributed by atoms with E-state index < -0.39 is 5.82 Å². The number of halogens is 3. The Labute approximate surface area is 133 Å². The van der Waals surface area contributed by atoms with E-state index in [1.165, 1.54) is 12.1 Å². The third kappa shape index (κ3) is 3.23. The summed E-state index contributed by atoms with van der Waals surface area (Å²) in [5.41, 5.74) is 2.37. The maximum Gasteiger partial charge on any atom is 0.142 e. The van der Waals surface area contributed by atoms with E-state index in [1.807, 2.05) is 27.7 Å². The van der Waals surface area contributed by atoms with Crippen LogP contribution in [0.15, 0.2) is 16.7 Å². The molecule has 0 radical (unpaired) electrons. The molecule has 6 heteroatoms. The van der Waals surface area contributed by atoms with Crippen molar-refractivity contribution in [1.82, 2.24) is 10.5 Å². The summed E-state index contributed by atoms with van der Waals surface area (Å²) < 4.78 is 18.8. The van der Waals surface area contributed by atoms with Gasteiger partial charge in [-0.2, -0.15) is 0 Å². The van der Waals surface area contributed by atoms with Crippen molar-refractivity contribution in [2.75, 3.05) is 0 Å². The standard InChI is InChI=1S/C15H17Cl2FN2O/c1-7(13-9(3)20-21-10(13)4)19-8(2)14-11(16)5-6-12(18)15(14)17/h5-8,19H,1-4H3. The van der Waals surface area contributed by atoms with Gasteiger partial charge in [-0.1, -0.05) is 28.4 Å². The number of hydrogen-bond donors (Lipinski definition) is 1. The van der Waals surface area contributed by atoms with E-state index in [4.69, 9.17) is 27.7 Å². The van der Waals surface area contributed by atoms with Gasteiger partial charge in [-0.05, 0) is 39.8 Å². The van der Waals surface area contributed by atoms with Gasteiger partial charge in [0.15, 0.2) is 0 Å². The van der Waals surface area contributed by atoms with Crippen LogP contribution >= 0.6 is 23.2 Å². The summed E-state index contributed by atoms with van der Waals surface area (Å²) >= 11 is 12.2. The zero-order chi connectivity index (χ0) is 15.7. The SMILES string of the molecule is Cc1noc(C)c1C(C)NC(C)c1c(Cl)ccc(F)c1Cl. The Balaban J connectivity index is 2.26. The minimum atomic E-state index is -0.477. The highest BCUT2D eigenvalue weighted by Crippen LogP contribution is 2.34. The van der Waals surface area contributed by atoms with Crippen LogP contribution in [-0.2, 0) is 0 Å². The Morgan fingerprint density at radius 3 is 2.33 bits per heavy atom. The summed E-state index contributed by atoms with van der Waals surface area (Å²) in [4.78, 5) is 0. The molecule has 0 saturated heterocycles. The largest absolute Gasteiger partial charge is 0.361 e. The minimum absolute atomic E-state index is 0.0262. The maximum absolute atomic E-state index is 13.6. The van der Waals surface area contributed by atoms with Crippen LogP contribution in [0.3, 0.4) is 0 Å². The molecule has 0 bridgehead atoms. The lowest BCUT2D eigenvalue weighted by atomic mass is 10.0. The number of aromatic nitrogens is 1. The quantitative estimate of drug-likeness (QED) is 0.788. The van der Waals surface area contributed by atoms with Gasteiger partial charge in [0.05, 0.1) is 10.7 Å². The van der Waals surface area contributed by atoms with Crippen LogP contribution in [0.5, 0.6) is 0 Å². The molecular formula is C15H17Cl2FN2O. The molecule has 3 nitrogen and oxygen atoms in total. The van der Waals surface area contributed by atoms with Crippen LogP contribution in [0.4, 0.5) is 4.39 Å². The van der Waals surface area contributed by atoms with Crippen molar-refractivity contribution < 1.29 is 8.91 Å². The summed E-state index contributed by atoms with van der Waals surface area (Å²) in [5.74, 6) is 0.283. The summed E-state index contributed by atoms with van der Waals surface area (Å²) in [6.45, 7) is 7.63. The summed E-state index contributed by atoms with van der Waals surface area (Å²) in [6, 6.07) is 2.53. The second-order valence-corrected chi connectivity index (χ2v) is 5.89. The van der Waals surface area contributed by atoms with Gasteiger partial charge >= 0.3 is 0 Å². The first-order chi connectivity index (χ1) is 9.82. The monoisotopic (exact) mass is 330 g/mol. The van der Waals surface area contributed by atoms with Crippen molar-refractivity contribution in [1.29, 1.82) is 0 Å². The Morgan fingerprint density at radius 2 is 1.76 bits per heavy atom. The molecule has 1 aromatic carbocycles. The smallest absolute Gasteiger partial charge is 0.142 e. The second-order valence-electron chi connectivity index (χ2n) is 5.10. The highest BCUT2D eigenvalue weighted by molar-refractivity contribution is 6.36. The lowest BCUT2D eigenvalue weighted by Crippen LogP contribution is -2.24. The fourth-order valence-corrected chi connectivity index (χ4v) is 3.29. The zero-order valence-electron chi connectivity index (χ0n) is 12.3. The van der Waals surface area contributed by atoms with E-state index >= 15 is 0 Å². The fraction of sp³-hybridized carbons (Fsp3) is 0.400. The molecule has 2 atom stereocenters. The lowest BCUT2D eigenvalue weighted by Gasteiger charge is -2.22. The number of benzene rings is 1. The van der Waals surface area contributed by atoms with E-state index in [-0.39, 0.29) is 17.1 Å². The number of nitrogens with zero attached hydrogens (tertiary/aromatic N) is 1. The predicted octanol–water partition coefficient (Wildman–Crippen LogP) is 5.15.